The molecule has 0 spiro atoms. The molecule has 8 nitrogen and oxygen atoms in total. The fourth-order valence-corrected chi connectivity index (χ4v) is 3.86. The van der Waals surface area contributed by atoms with Gasteiger partial charge < -0.3 is 15.5 Å². The maximum atomic E-state index is 14.8. The lowest BCUT2D eigenvalue weighted by molar-refractivity contribution is 0.207. The van der Waals surface area contributed by atoms with Crippen LogP contribution in [0, 0.1) is 12.7 Å². The van der Waals surface area contributed by atoms with Crippen molar-refractivity contribution < 1.29 is 13.9 Å². The van der Waals surface area contributed by atoms with Gasteiger partial charge in [0.2, 0.25) is 0 Å². The van der Waals surface area contributed by atoms with Crippen molar-refractivity contribution >= 4 is 27.9 Å². The lowest BCUT2D eigenvalue weighted by Gasteiger charge is -2.09. The molecule has 0 fully saturated rings. The molecule has 0 bridgehead atoms. The molecule has 0 saturated heterocycles. The monoisotopic (exact) mass is 443 g/mol. The van der Waals surface area contributed by atoms with Crippen molar-refractivity contribution in [2.75, 3.05) is 0 Å². The molecule has 0 aliphatic carbocycles. The predicted molar refractivity (Wildman–Crippen MR) is 122 cm³/mol. The van der Waals surface area contributed by atoms with Gasteiger partial charge in [0.1, 0.15) is 5.82 Å². The van der Waals surface area contributed by atoms with Gasteiger partial charge >= 0.3 is 12.1 Å². The fourth-order valence-electron chi connectivity index (χ4n) is 3.86. The molecule has 0 aliphatic heterocycles. The van der Waals surface area contributed by atoms with E-state index in [1.165, 1.54) is 6.07 Å². The van der Waals surface area contributed by atoms with E-state index in [2.05, 4.69) is 20.2 Å². The van der Waals surface area contributed by atoms with E-state index in [1.54, 1.807) is 36.4 Å². The number of imidazole rings is 1. The van der Waals surface area contributed by atoms with E-state index in [-0.39, 0.29) is 11.6 Å². The van der Waals surface area contributed by atoms with Crippen LogP contribution in [0.4, 0.5) is 9.18 Å². The highest BCUT2D eigenvalue weighted by molar-refractivity contribution is 5.85. The average molecular weight is 443 g/mol. The first-order valence-corrected chi connectivity index (χ1v) is 10.1. The first-order chi connectivity index (χ1) is 15.9. The van der Waals surface area contributed by atoms with E-state index < -0.39 is 11.9 Å². The Morgan fingerprint density at radius 3 is 2.76 bits per heavy atom. The van der Waals surface area contributed by atoms with Gasteiger partial charge in [-0.05, 0) is 54.4 Å². The summed E-state index contributed by atoms with van der Waals surface area (Å²) in [4.78, 5) is 30.1. The minimum absolute atomic E-state index is 0.0322. The third-order valence-electron chi connectivity index (χ3n) is 5.39. The molecule has 0 unspecified atom stereocenters. The summed E-state index contributed by atoms with van der Waals surface area (Å²) in [5, 5.41) is 8.11. The van der Waals surface area contributed by atoms with Gasteiger partial charge in [-0.25, -0.2) is 14.3 Å². The van der Waals surface area contributed by atoms with Crippen LogP contribution in [-0.4, -0.2) is 26.3 Å². The molecule has 4 N–H and O–H groups in total. The molecule has 0 saturated carbocycles. The van der Waals surface area contributed by atoms with Crippen LogP contribution in [0.1, 0.15) is 16.8 Å². The number of aryl methyl sites for hydroxylation is 1. The number of primary amides is 1. The normalized spacial score (nSPS) is 11.2. The number of amides is 1. The second-order valence-corrected chi connectivity index (χ2v) is 7.73. The lowest BCUT2D eigenvalue weighted by Crippen LogP contribution is -2.16. The molecule has 1 amide bonds. The van der Waals surface area contributed by atoms with Gasteiger partial charge in [0.15, 0.2) is 0 Å². The zero-order valence-corrected chi connectivity index (χ0v) is 17.5. The van der Waals surface area contributed by atoms with E-state index in [4.69, 9.17) is 10.5 Å². The summed E-state index contributed by atoms with van der Waals surface area (Å²) < 4.78 is 19.5. The van der Waals surface area contributed by atoms with Gasteiger partial charge in [-0.2, -0.15) is 10.1 Å². The molecule has 33 heavy (non-hydrogen) atoms. The standard InChI is InChI=1S/C24H18FN5O3/c1-12-2-5-15-17(8-12)20(29-30-22(15)31)10-13-3-6-18(25)16(9-13)14-4-7-19-21(11-14)28-24(27-19)33-23(26)32/h2-9,11H,10H2,1H3,(H2,26,32)(H,27,28)(H,30,31). The van der Waals surface area contributed by atoms with Crippen molar-refractivity contribution in [3.63, 3.8) is 0 Å². The Bertz CT molecular complexity index is 1610. The van der Waals surface area contributed by atoms with Gasteiger partial charge in [0.05, 0.1) is 22.1 Å². The summed E-state index contributed by atoms with van der Waals surface area (Å²) in [6.45, 7) is 1.95. The van der Waals surface area contributed by atoms with Crippen molar-refractivity contribution in [2.45, 2.75) is 13.3 Å². The highest BCUT2D eigenvalue weighted by Crippen LogP contribution is 2.29. The Hall–Kier alpha value is -4.53. The van der Waals surface area contributed by atoms with Crippen LogP contribution < -0.4 is 16.0 Å². The van der Waals surface area contributed by atoms with Gasteiger partial charge in [-0.15, -0.1) is 0 Å². The molecule has 5 rings (SSSR count). The second-order valence-electron chi connectivity index (χ2n) is 7.73. The first-order valence-electron chi connectivity index (χ1n) is 10.1. The van der Waals surface area contributed by atoms with E-state index >= 15 is 0 Å². The molecule has 164 valence electrons. The van der Waals surface area contributed by atoms with Crippen LogP contribution in [0.2, 0.25) is 0 Å². The molecule has 2 aromatic heterocycles. The van der Waals surface area contributed by atoms with Crippen LogP contribution in [0.25, 0.3) is 32.9 Å². The number of hydrogen-bond donors (Lipinski definition) is 3. The second kappa shape index (κ2) is 7.86. The van der Waals surface area contributed by atoms with Crippen molar-refractivity contribution in [2.24, 2.45) is 5.73 Å². The van der Waals surface area contributed by atoms with E-state index in [9.17, 15) is 14.0 Å². The molecule has 9 heteroatoms. The van der Waals surface area contributed by atoms with Crippen LogP contribution in [-0.2, 0) is 6.42 Å². The van der Waals surface area contributed by atoms with Gasteiger partial charge in [0, 0.05) is 17.4 Å². The third-order valence-corrected chi connectivity index (χ3v) is 5.39. The zero-order valence-electron chi connectivity index (χ0n) is 17.5. The van der Waals surface area contributed by atoms with E-state index in [1.807, 2.05) is 19.1 Å². The number of aromatic nitrogens is 4. The third kappa shape index (κ3) is 3.91. The minimum atomic E-state index is -0.980. The maximum absolute atomic E-state index is 14.8. The van der Waals surface area contributed by atoms with Crippen molar-refractivity contribution in [1.29, 1.82) is 0 Å². The smallest absolute Gasteiger partial charge is 0.376 e. The number of benzene rings is 3. The summed E-state index contributed by atoms with van der Waals surface area (Å²) in [6.07, 6.45) is -0.572. The summed E-state index contributed by atoms with van der Waals surface area (Å²) >= 11 is 0. The number of ether oxygens (including phenoxy) is 1. The number of carbonyl (C=O) groups excluding carboxylic acids is 1. The van der Waals surface area contributed by atoms with E-state index in [0.717, 1.165) is 16.5 Å². The number of H-pyrrole nitrogens is 2. The van der Waals surface area contributed by atoms with Crippen LogP contribution in [0.3, 0.4) is 0 Å². The van der Waals surface area contributed by atoms with Crippen molar-refractivity contribution in [3.8, 4) is 17.1 Å². The Labute approximate surface area is 186 Å². The van der Waals surface area contributed by atoms with Gasteiger partial charge in [-0.1, -0.05) is 23.8 Å². The fraction of sp³-hybridized carbons (Fsp3) is 0.0833. The highest BCUT2D eigenvalue weighted by atomic mass is 19.1. The predicted octanol–water partition coefficient (Wildman–Crippen LogP) is 3.96. The Balaban J connectivity index is 1.53. The molecular weight excluding hydrogens is 425 g/mol. The molecule has 5 aromatic rings. The lowest BCUT2D eigenvalue weighted by atomic mass is 9.98. The van der Waals surface area contributed by atoms with Crippen LogP contribution in [0.15, 0.2) is 59.4 Å². The SMILES string of the molecule is Cc1ccc2c(=O)[nH]nc(Cc3ccc(F)c(-c4ccc5[nH]c(OC(N)=O)nc5c4)c3)c2c1. The number of fused-ring (bicyclic) bond motifs is 2. The number of nitrogens with zero attached hydrogens (tertiary/aromatic N) is 2. The van der Waals surface area contributed by atoms with Crippen molar-refractivity contribution in [1.82, 2.24) is 20.2 Å². The number of nitrogens with two attached hydrogens (primary N) is 1. The molecule has 2 heterocycles. The van der Waals surface area contributed by atoms with E-state index in [0.29, 0.717) is 39.7 Å². The van der Waals surface area contributed by atoms with Gasteiger partial charge in [0.25, 0.3) is 5.56 Å². The van der Waals surface area contributed by atoms with Crippen molar-refractivity contribution in [3.05, 3.63) is 87.6 Å². The highest BCUT2D eigenvalue weighted by Gasteiger charge is 2.13. The average Bonchev–Trinajstić information content (AvgIpc) is 3.17. The largest absolute Gasteiger partial charge is 0.412 e. The zero-order chi connectivity index (χ0) is 23.1. The quantitative estimate of drug-likeness (QED) is 0.387. The number of halogens is 1. The number of carbonyl (C=O) groups is 1. The topological polar surface area (TPSA) is 127 Å². The minimum Gasteiger partial charge on any atom is -0.376 e. The Morgan fingerprint density at radius 2 is 1.94 bits per heavy atom. The number of nitrogens with one attached hydrogen (secondary N) is 2. The number of rotatable bonds is 4. The summed E-state index contributed by atoms with van der Waals surface area (Å²) in [5.41, 5.74) is 9.42. The van der Waals surface area contributed by atoms with Crippen LogP contribution >= 0.6 is 0 Å². The Kier molecular flexibility index (Phi) is 4.86. The maximum Gasteiger partial charge on any atom is 0.412 e. The number of hydrogen-bond acceptors (Lipinski definition) is 5. The van der Waals surface area contributed by atoms with Crippen LogP contribution in [0.5, 0.6) is 6.01 Å². The first kappa shape index (κ1) is 20.4. The molecular formula is C24H18FN5O3. The molecule has 0 aliphatic rings. The van der Waals surface area contributed by atoms with Gasteiger partial charge in [-0.3, -0.25) is 4.79 Å². The summed E-state index contributed by atoms with van der Waals surface area (Å²) in [7, 11) is 0. The number of aromatic amines is 2. The Morgan fingerprint density at radius 1 is 1.09 bits per heavy atom. The molecule has 0 radical (unpaired) electrons. The summed E-state index contributed by atoms with van der Waals surface area (Å²) in [5.74, 6) is -0.391. The molecule has 0 atom stereocenters. The molecule has 3 aromatic carbocycles. The summed E-state index contributed by atoms with van der Waals surface area (Å²) in [6, 6.07) is 15.5.